The zero-order valence-corrected chi connectivity index (χ0v) is 25.1. The highest BCUT2D eigenvalue weighted by atomic mass is 16.5. The number of esters is 1. The Morgan fingerprint density at radius 3 is 2.24 bits per heavy atom. The van der Waals surface area contributed by atoms with Gasteiger partial charge in [0.05, 0.1) is 24.2 Å². The van der Waals surface area contributed by atoms with Crippen LogP contribution in [0.4, 0.5) is 0 Å². The Labute approximate surface area is 240 Å². The van der Waals surface area contributed by atoms with E-state index in [-0.39, 0.29) is 41.3 Å². The molecule has 5 N–H and O–H groups in total. The molecule has 2 saturated heterocycles. The summed E-state index contributed by atoms with van der Waals surface area (Å²) in [4.78, 5) is 33.1. The van der Waals surface area contributed by atoms with Crippen molar-refractivity contribution in [1.29, 1.82) is 0 Å². The van der Waals surface area contributed by atoms with Gasteiger partial charge >= 0.3 is 5.97 Å². The molecule has 0 saturated carbocycles. The molecule has 2 aromatic rings. The van der Waals surface area contributed by atoms with E-state index in [1.165, 1.54) is 7.11 Å². The number of hydrogen-bond acceptors (Lipinski definition) is 6. The minimum atomic E-state index is -0.877. The van der Waals surface area contributed by atoms with Crippen molar-refractivity contribution in [3.63, 3.8) is 0 Å². The number of ether oxygens (including phenoxy) is 1. The fourth-order valence-corrected chi connectivity index (χ4v) is 7.52. The Kier molecular flexibility index (Phi) is 6.36. The smallest absolute Gasteiger partial charge is 0.320 e. The summed E-state index contributed by atoms with van der Waals surface area (Å²) < 4.78 is 5.19. The first-order chi connectivity index (χ1) is 19.5. The van der Waals surface area contributed by atoms with Crippen molar-refractivity contribution in [2.24, 2.45) is 29.6 Å². The third-order valence-electron chi connectivity index (χ3n) is 10.1. The largest absolute Gasteiger partial charge is 0.510 e. The van der Waals surface area contributed by atoms with Crippen LogP contribution in [0.2, 0.25) is 0 Å². The van der Waals surface area contributed by atoms with E-state index in [1.54, 1.807) is 6.92 Å². The lowest BCUT2D eigenvalue weighted by Gasteiger charge is -2.24. The molecular formula is C33H40N4O4. The Bertz CT molecular complexity index is 1720. The van der Waals surface area contributed by atoms with Gasteiger partial charge < -0.3 is 30.4 Å². The molecule has 1 aliphatic carbocycles. The summed E-state index contributed by atoms with van der Waals surface area (Å²) in [5, 5.41) is 20.4. The summed E-state index contributed by atoms with van der Waals surface area (Å²) in [5.74, 6) is -0.550. The molecule has 3 aliphatic heterocycles. The van der Waals surface area contributed by atoms with E-state index in [2.05, 4.69) is 66.5 Å². The second-order valence-corrected chi connectivity index (χ2v) is 12.2. The average molecular weight is 557 g/mol. The molecule has 2 fully saturated rings. The monoisotopic (exact) mass is 556 g/mol. The highest BCUT2D eigenvalue weighted by Gasteiger charge is 2.45. The standard InChI is InChI=1S/C33H40N4O4/c1-9-19-15(4)21-12-25-26(18(7)38)16(5)22(35-25)10-20-13(2)14(3)30(36-20)28-29(33(40)41-8)32(39)27-17(6)23(37-31(27)28)11-24(19)34-21/h10-15,19,29-30,34-37,39H,9H2,1-8H3/b20-10-,21-12-,24-11-/t13-,14-,15+,19+,29+,30?/m0/s1. The molecule has 1 unspecified atom stereocenters. The van der Waals surface area contributed by atoms with Gasteiger partial charge in [-0.05, 0) is 68.0 Å². The maximum absolute atomic E-state index is 13.1. The van der Waals surface area contributed by atoms with Gasteiger partial charge in [0.1, 0.15) is 11.7 Å². The predicted octanol–water partition coefficient (Wildman–Crippen LogP) is 4.03. The second kappa shape index (κ2) is 9.57. The number of methoxy groups -OCH3 is 1. The number of aromatic amines is 2. The molecule has 5 heterocycles. The van der Waals surface area contributed by atoms with E-state index in [4.69, 9.17) is 4.74 Å². The van der Waals surface area contributed by atoms with Gasteiger partial charge in [0, 0.05) is 57.0 Å². The Balaban J connectivity index is 1.67. The minimum absolute atomic E-state index is 0.0236. The van der Waals surface area contributed by atoms with Gasteiger partial charge in [-0.3, -0.25) is 9.59 Å². The second-order valence-electron chi connectivity index (χ2n) is 12.2. The highest BCUT2D eigenvalue weighted by molar-refractivity contribution is 6.00. The molecule has 8 nitrogen and oxygen atoms in total. The molecule has 41 heavy (non-hydrogen) atoms. The fourth-order valence-electron chi connectivity index (χ4n) is 7.52. The third kappa shape index (κ3) is 3.86. The van der Waals surface area contributed by atoms with Gasteiger partial charge in [-0.1, -0.05) is 27.7 Å². The van der Waals surface area contributed by atoms with Crippen molar-refractivity contribution in [3.05, 3.63) is 61.4 Å². The van der Waals surface area contributed by atoms with E-state index in [0.717, 1.165) is 62.6 Å². The lowest BCUT2D eigenvalue weighted by molar-refractivity contribution is -0.142. The van der Waals surface area contributed by atoms with Gasteiger partial charge in [-0.25, -0.2) is 0 Å². The van der Waals surface area contributed by atoms with Crippen molar-refractivity contribution in [3.8, 4) is 0 Å². The maximum atomic E-state index is 13.1. The van der Waals surface area contributed by atoms with Gasteiger partial charge in [-0.15, -0.1) is 0 Å². The van der Waals surface area contributed by atoms with Gasteiger partial charge in [0.15, 0.2) is 5.78 Å². The van der Waals surface area contributed by atoms with Crippen molar-refractivity contribution in [2.45, 2.75) is 60.9 Å². The quantitative estimate of drug-likeness (QED) is 0.288. The van der Waals surface area contributed by atoms with Crippen LogP contribution in [-0.4, -0.2) is 40.0 Å². The fraction of sp³-hybridized carbons (Fsp3) is 0.455. The summed E-state index contributed by atoms with van der Waals surface area (Å²) in [6.45, 7) is 14.3. The summed E-state index contributed by atoms with van der Waals surface area (Å²) in [6, 6.07) is -0.211. The molecule has 0 radical (unpaired) electrons. The number of hydrogen-bond donors (Lipinski definition) is 5. The zero-order valence-electron chi connectivity index (χ0n) is 25.1. The van der Waals surface area contributed by atoms with Crippen molar-refractivity contribution >= 4 is 41.3 Å². The molecule has 216 valence electrons. The Morgan fingerprint density at radius 2 is 1.59 bits per heavy atom. The summed E-state index contributed by atoms with van der Waals surface area (Å²) in [6.07, 6.45) is 7.27. The van der Waals surface area contributed by atoms with Crippen molar-refractivity contribution in [1.82, 2.24) is 20.6 Å². The van der Waals surface area contributed by atoms with Crippen molar-refractivity contribution in [2.75, 3.05) is 7.11 Å². The SMILES string of the molecule is CC[C@H]1/C2=C/c3[nH]c4c(c3C)=C(O)[C@H](C(=O)OC)C=4C3N/C(=C\c4[nH]c(c(C(C)=O)c4C)/C=C(\N2)[C@@H]1C)[C@@H](C)[C@@H]3C. The van der Waals surface area contributed by atoms with Crippen LogP contribution in [0.15, 0.2) is 17.1 Å². The van der Waals surface area contributed by atoms with Crippen LogP contribution in [0.3, 0.4) is 0 Å². The number of ketones is 1. The van der Waals surface area contributed by atoms with E-state index >= 15 is 0 Å². The number of nitrogens with one attached hydrogen (secondary N) is 4. The minimum Gasteiger partial charge on any atom is -0.510 e. The molecule has 6 rings (SSSR count). The molecule has 8 bridgehead atoms. The van der Waals surface area contributed by atoms with Gasteiger partial charge in [0.25, 0.3) is 0 Å². The summed E-state index contributed by atoms with van der Waals surface area (Å²) >= 11 is 0. The summed E-state index contributed by atoms with van der Waals surface area (Å²) in [5.41, 5.74) is 9.09. The van der Waals surface area contributed by atoms with E-state index in [0.29, 0.717) is 10.8 Å². The molecule has 6 atom stereocenters. The van der Waals surface area contributed by atoms with Crippen molar-refractivity contribution < 1.29 is 19.4 Å². The number of carbonyl (C=O) groups is 2. The molecule has 8 heteroatoms. The highest BCUT2D eigenvalue weighted by Crippen LogP contribution is 2.41. The third-order valence-corrected chi connectivity index (χ3v) is 10.1. The van der Waals surface area contributed by atoms with Crippen LogP contribution in [0.25, 0.3) is 29.6 Å². The average Bonchev–Trinajstić information content (AvgIpc) is 3.66. The van der Waals surface area contributed by atoms with E-state index in [1.807, 2.05) is 13.8 Å². The normalized spacial score (nSPS) is 32.0. The lowest BCUT2D eigenvalue weighted by Crippen LogP contribution is -2.37. The van der Waals surface area contributed by atoms with Crippen LogP contribution in [-0.2, 0) is 9.53 Å². The van der Waals surface area contributed by atoms with Crippen LogP contribution < -0.4 is 21.2 Å². The first-order valence-corrected chi connectivity index (χ1v) is 14.6. The topological polar surface area (TPSA) is 119 Å². The van der Waals surface area contributed by atoms with Crippen LogP contribution >= 0.6 is 0 Å². The van der Waals surface area contributed by atoms with E-state index < -0.39 is 11.9 Å². The molecule has 2 aromatic heterocycles. The molecule has 0 amide bonds. The van der Waals surface area contributed by atoms with E-state index in [9.17, 15) is 14.7 Å². The Hall–Kier alpha value is -3.94. The van der Waals surface area contributed by atoms with Crippen LogP contribution in [0.1, 0.15) is 79.6 Å². The molecule has 4 aliphatic rings. The number of H-pyrrole nitrogens is 2. The zero-order chi connectivity index (χ0) is 29.5. The summed E-state index contributed by atoms with van der Waals surface area (Å²) in [7, 11) is 1.36. The lowest BCUT2D eigenvalue weighted by atomic mass is 9.84. The Morgan fingerprint density at radius 1 is 0.927 bits per heavy atom. The van der Waals surface area contributed by atoms with Crippen LogP contribution in [0.5, 0.6) is 0 Å². The predicted molar refractivity (Wildman–Crippen MR) is 161 cm³/mol. The number of carbonyl (C=O) groups excluding carboxylic acids is 2. The molecule has 0 spiro atoms. The molecule has 0 aromatic carbocycles. The van der Waals surface area contributed by atoms with Gasteiger partial charge in [-0.2, -0.15) is 0 Å². The maximum Gasteiger partial charge on any atom is 0.320 e. The van der Waals surface area contributed by atoms with Crippen LogP contribution in [0, 0.1) is 43.4 Å². The van der Waals surface area contributed by atoms with Gasteiger partial charge in [0.2, 0.25) is 0 Å². The first kappa shape index (κ1) is 27.2. The molecular weight excluding hydrogens is 516 g/mol. The number of aliphatic hydroxyl groups is 1. The number of rotatable bonds is 3. The number of Topliss-reactive ketones (excluding diaryl/α,β-unsaturated/α-hetero) is 1. The number of allylic oxidation sites excluding steroid dienone is 3. The number of fused-ring (bicyclic) bond motifs is 8. The number of aromatic nitrogens is 2. The first-order valence-electron chi connectivity index (χ1n) is 14.6. The number of aliphatic hydroxyl groups excluding tert-OH is 1.